The van der Waals surface area contributed by atoms with E-state index in [9.17, 15) is 4.79 Å². The number of benzene rings is 2. The van der Waals surface area contributed by atoms with Crippen LogP contribution in [0.4, 0.5) is 17.2 Å². The molecule has 2 aromatic carbocycles. The van der Waals surface area contributed by atoms with Crippen molar-refractivity contribution in [1.29, 1.82) is 5.41 Å². The SMILES string of the molecule is COc1cc(-n2cc(C)c(Nc3ccc(N)c(C=N)c3Cl)n2)ccc1C(=O)NC1CCN(C)CC1. The molecule has 0 saturated carbocycles. The van der Waals surface area contributed by atoms with Crippen LogP contribution in [0.5, 0.6) is 5.75 Å². The van der Waals surface area contributed by atoms with Gasteiger partial charge in [0, 0.05) is 41.3 Å². The summed E-state index contributed by atoms with van der Waals surface area (Å²) in [6.07, 6.45) is 4.87. The van der Waals surface area contributed by atoms with Crippen molar-refractivity contribution in [3.63, 3.8) is 0 Å². The molecule has 1 aromatic heterocycles. The Balaban J connectivity index is 1.54. The molecular formula is C25H30ClN7O2. The summed E-state index contributed by atoms with van der Waals surface area (Å²) in [6.45, 7) is 3.87. The van der Waals surface area contributed by atoms with Gasteiger partial charge in [-0.15, -0.1) is 5.10 Å². The standard InChI is InChI=1S/C25H30ClN7O2/c1-15-14-33(31-24(15)30-21-7-6-20(28)19(13-27)23(21)26)17-4-5-18(22(12-17)35-3)25(34)29-16-8-10-32(2)11-9-16/h4-7,12-14,16,27H,8-11,28H2,1-3H3,(H,29,34)(H,30,31). The van der Waals surface area contributed by atoms with Gasteiger partial charge in [0.1, 0.15) is 5.75 Å². The molecule has 2 heterocycles. The van der Waals surface area contributed by atoms with E-state index in [1.54, 1.807) is 36.1 Å². The number of likely N-dealkylation sites (tertiary alicyclic amines) is 1. The number of ether oxygens (including phenoxy) is 1. The number of hydrogen-bond acceptors (Lipinski definition) is 7. The van der Waals surface area contributed by atoms with E-state index in [1.807, 2.05) is 19.2 Å². The van der Waals surface area contributed by atoms with E-state index in [4.69, 9.17) is 27.5 Å². The van der Waals surface area contributed by atoms with Crippen LogP contribution in [0.2, 0.25) is 5.02 Å². The van der Waals surface area contributed by atoms with E-state index in [2.05, 4.69) is 27.7 Å². The molecule has 0 bridgehead atoms. The van der Waals surface area contributed by atoms with E-state index in [1.165, 1.54) is 0 Å². The van der Waals surface area contributed by atoms with Gasteiger partial charge in [-0.3, -0.25) is 4.79 Å². The molecule has 0 radical (unpaired) electrons. The summed E-state index contributed by atoms with van der Waals surface area (Å²) in [5, 5.41) is 18.9. The minimum atomic E-state index is -0.137. The number of aryl methyl sites for hydroxylation is 1. The molecule has 0 spiro atoms. The lowest BCUT2D eigenvalue weighted by Crippen LogP contribution is -2.43. The summed E-state index contributed by atoms with van der Waals surface area (Å²) in [5.41, 5.74) is 9.51. The van der Waals surface area contributed by atoms with Crippen molar-refractivity contribution in [2.24, 2.45) is 0 Å². The minimum Gasteiger partial charge on any atom is -0.496 e. The van der Waals surface area contributed by atoms with Gasteiger partial charge < -0.3 is 31.4 Å². The molecule has 10 heteroatoms. The van der Waals surface area contributed by atoms with Crippen LogP contribution in [0, 0.1) is 12.3 Å². The second kappa shape index (κ2) is 10.4. The fraction of sp³-hybridized carbons (Fsp3) is 0.320. The largest absolute Gasteiger partial charge is 0.496 e. The summed E-state index contributed by atoms with van der Waals surface area (Å²) < 4.78 is 7.25. The third kappa shape index (κ3) is 5.26. The Morgan fingerprint density at radius 1 is 1.29 bits per heavy atom. The number of carbonyl (C=O) groups excluding carboxylic acids is 1. The number of nitrogen functional groups attached to an aromatic ring is 1. The number of nitrogens with two attached hydrogens (primary N) is 1. The molecule has 3 aromatic rings. The first-order chi connectivity index (χ1) is 16.8. The third-order valence-electron chi connectivity index (χ3n) is 6.26. The second-order valence-corrected chi connectivity index (χ2v) is 9.12. The van der Waals surface area contributed by atoms with Gasteiger partial charge in [0.2, 0.25) is 0 Å². The first-order valence-corrected chi connectivity index (χ1v) is 11.8. The molecule has 1 fully saturated rings. The molecule has 1 saturated heterocycles. The van der Waals surface area contributed by atoms with Crippen molar-refractivity contribution >= 4 is 40.9 Å². The van der Waals surface area contributed by atoms with Gasteiger partial charge in [-0.05, 0) is 64.2 Å². The van der Waals surface area contributed by atoms with E-state index in [-0.39, 0.29) is 11.9 Å². The summed E-state index contributed by atoms with van der Waals surface area (Å²) in [7, 11) is 3.65. The van der Waals surface area contributed by atoms with Crippen LogP contribution in [0.3, 0.4) is 0 Å². The van der Waals surface area contributed by atoms with Crippen molar-refractivity contribution in [1.82, 2.24) is 20.0 Å². The van der Waals surface area contributed by atoms with Gasteiger partial charge in [-0.1, -0.05) is 11.6 Å². The lowest BCUT2D eigenvalue weighted by Gasteiger charge is -2.29. The van der Waals surface area contributed by atoms with E-state index < -0.39 is 0 Å². The fourth-order valence-electron chi connectivity index (χ4n) is 4.12. The molecule has 184 valence electrons. The van der Waals surface area contributed by atoms with E-state index in [0.29, 0.717) is 39.1 Å². The van der Waals surface area contributed by atoms with Gasteiger partial charge in [-0.25, -0.2) is 4.68 Å². The highest BCUT2D eigenvalue weighted by molar-refractivity contribution is 6.36. The quantitative estimate of drug-likeness (QED) is 0.290. The summed E-state index contributed by atoms with van der Waals surface area (Å²) in [5.74, 6) is 0.949. The van der Waals surface area contributed by atoms with Gasteiger partial charge >= 0.3 is 0 Å². The fourth-order valence-corrected chi connectivity index (χ4v) is 4.39. The van der Waals surface area contributed by atoms with Crippen molar-refractivity contribution in [2.45, 2.75) is 25.8 Å². The molecule has 5 N–H and O–H groups in total. The third-order valence-corrected chi connectivity index (χ3v) is 6.66. The number of carbonyl (C=O) groups is 1. The lowest BCUT2D eigenvalue weighted by atomic mass is 10.0. The molecule has 1 amide bonds. The van der Waals surface area contributed by atoms with Crippen LogP contribution < -0.4 is 21.1 Å². The topological polar surface area (TPSA) is 121 Å². The first-order valence-electron chi connectivity index (χ1n) is 11.4. The average molecular weight is 496 g/mol. The lowest BCUT2D eigenvalue weighted by molar-refractivity contribution is 0.0914. The minimum absolute atomic E-state index is 0.137. The summed E-state index contributed by atoms with van der Waals surface area (Å²) in [4.78, 5) is 15.2. The zero-order chi connectivity index (χ0) is 25.1. The van der Waals surface area contributed by atoms with Crippen LogP contribution in [0.15, 0.2) is 36.5 Å². The number of anilines is 3. The Bertz CT molecular complexity index is 1250. The molecule has 1 aliphatic rings. The smallest absolute Gasteiger partial charge is 0.255 e. The first kappa shape index (κ1) is 24.6. The normalized spacial score (nSPS) is 14.5. The maximum atomic E-state index is 12.9. The maximum Gasteiger partial charge on any atom is 0.255 e. The van der Waals surface area contributed by atoms with Gasteiger partial charge in [-0.2, -0.15) is 0 Å². The number of hydrogen-bond donors (Lipinski definition) is 4. The van der Waals surface area contributed by atoms with Crippen LogP contribution in [-0.2, 0) is 0 Å². The molecule has 0 unspecified atom stereocenters. The van der Waals surface area contributed by atoms with E-state index >= 15 is 0 Å². The summed E-state index contributed by atoms with van der Waals surface area (Å²) in [6, 6.07) is 9.01. The number of aromatic nitrogens is 2. The highest BCUT2D eigenvalue weighted by Crippen LogP contribution is 2.32. The average Bonchev–Trinajstić information content (AvgIpc) is 3.22. The Kier molecular flexibility index (Phi) is 7.28. The number of amides is 1. The Labute approximate surface area is 209 Å². The van der Waals surface area contributed by atoms with E-state index in [0.717, 1.165) is 43.4 Å². The van der Waals surface area contributed by atoms with Crippen LogP contribution in [0.25, 0.3) is 5.69 Å². The number of nitrogens with one attached hydrogen (secondary N) is 3. The predicted molar refractivity (Wildman–Crippen MR) is 140 cm³/mol. The van der Waals surface area contributed by atoms with Crippen molar-refractivity contribution < 1.29 is 9.53 Å². The number of methoxy groups -OCH3 is 1. The Morgan fingerprint density at radius 3 is 2.71 bits per heavy atom. The van der Waals surface area contributed by atoms with Gasteiger partial charge in [0.25, 0.3) is 5.91 Å². The monoisotopic (exact) mass is 495 g/mol. The second-order valence-electron chi connectivity index (χ2n) is 8.74. The van der Waals surface area contributed by atoms with Crippen LogP contribution in [0.1, 0.15) is 34.3 Å². The molecule has 4 rings (SSSR count). The summed E-state index contributed by atoms with van der Waals surface area (Å²) >= 11 is 6.42. The number of rotatable bonds is 7. The number of nitrogens with zero attached hydrogens (tertiary/aromatic N) is 3. The van der Waals surface area contributed by atoms with Crippen molar-refractivity contribution in [2.75, 3.05) is 38.3 Å². The number of halogens is 1. The van der Waals surface area contributed by atoms with Crippen molar-refractivity contribution in [3.8, 4) is 11.4 Å². The Hall–Kier alpha value is -3.56. The number of piperidine rings is 1. The Morgan fingerprint density at radius 2 is 2.03 bits per heavy atom. The highest BCUT2D eigenvalue weighted by Gasteiger charge is 2.21. The van der Waals surface area contributed by atoms with Gasteiger partial charge in [0.05, 0.1) is 29.1 Å². The molecular weight excluding hydrogens is 466 g/mol. The molecule has 0 aliphatic carbocycles. The highest BCUT2D eigenvalue weighted by atomic mass is 35.5. The zero-order valence-corrected chi connectivity index (χ0v) is 20.8. The van der Waals surface area contributed by atoms with Crippen LogP contribution >= 0.6 is 11.6 Å². The maximum absolute atomic E-state index is 12.9. The zero-order valence-electron chi connectivity index (χ0n) is 20.1. The molecule has 1 aliphatic heterocycles. The van der Waals surface area contributed by atoms with Gasteiger partial charge in [0.15, 0.2) is 5.82 Å². The predicted octanol–water partition coefficient (Wildman–Crippen LogP) is 3.99. The molecule has 35 heavy (non-hydrogen) atoms. The molecule has 9 nitrogen and oxygen atoms in total. The molecule has 0 atom stereocenters. The van der Waals surface area contributed by atoms with Crippen molar-refractivity contribution in [3.05, 3.63) is 58.2 Å². The van der Waals surface area contributed by atoms with Crippen LogP contribution in [-0.4, -0.2) is 60.1 Å².